The maximum Gasteiger partial charge on any atom is 0.141 e. The second-order valence-electron chi connectivity index (χ2n) is 4.22. The Morgan fingerprint density at radius 3 is 2.42 bits per heavy atom. The fourth-order valence-electron chi connectivity index (χ4n) is 1.61. The van der Waals surface area contributed by atoms with Gasteiger partial charge in [0.2, 0.25) is 0 Å². The van der Waals surface area contributed by atoms with Gasteiger partial charge in [-0.15, -0.1) is 0 Å². The molecular formula is C15H13BrN2O. The summed E-state index contributed by atoms with van der Waals surface area (Å²) >= 11 is 3.47. The van der Waals surface area contributed by atoms with Gasteiger partial charge in [-0.05, 0) is 64.8 Å². The summed E-state index contributed by atoms with van der Waals surface area (Å²) in [6, 6.07) is 14.8. The zero-order valence-corrected chi connectivity index (χ0v) is 12.0. The van der Waals surface area contributed by atoms with Crippen molar-refractivity contribution in [2.24, 2.45) is 5.73 Å². The van der Waals surface area contributed by atoms with E-state index in [9.17, 15) is 0 Å². The van der Waals surface area contributed by atoms with Gasteiger partial charge in [-0.25, -0.2) is 0 Å². The molecule has 0 fully saturated rings. The highest BCUT2D eigenvalue weighted by atomic mass is 79.9. The molecule has 0 heterocycles. The number of nitriles is 1. The molecule has 1 atom stereocenters. The fraction of sp³-hybridized carbons (Fsp3) is 0.133. The summed E-state index contributed by atoms with van der Waals surface area (Å²) in [4.78, 5) is 0. The molecule has 0 aliphatic heterocycles. The molecule has 0 saturated carbocycles. The number of ether oxygens (including phenoxy) is 1. The molecule has 3 nitrogen and oxygen atoms in total. The predicted molar refractivity (Wildman–Crippen MR) is 78.0 cm³/mol. The van der Waals surface area contributed by atoms with E-state index in [0.717, 1.165) is 10.0 Å². The molecule has 0 aliphatic rings. The molecule has 0 aliphatic carbocycles. The molecule has 2 N–H and O–H groups in total. The summed E-state index contributed by atoms with van der Waals surface area (Å²) < 4.78 is 6.60. The normalized spacial score (nSPS) is 11.7. The third kappa shape index (κ3) is 3.34. The minimum atomic E-state index is -0.0136. The smallest absolute Gasteiger partial charge is 0.141 e. The lowest BCUT2D eigenvalue weighted by atomic mass is 10.1. The Morgan fingerprint density at radius 1 is 1.21 bits per heavy atom. The highest BCUT2D eigenvalue weighted by Gasteiger charge is 2.06. The number of nitrogens with two attached hydrogens (primary N) is 1. The van der Waals surface area contributed by atoms with Crippen molar-refractivity contribution in [2.75, 3.05) is 0 Å². The van der Waals surface area contributed by atoms with Crippen LogP contribution in [0.4, 0.5) is 0 Å². The van der Waals surface area contributed by atoms with Crippen molar-refractivity contribution in [3.63, 3.8) is 0 Å². The van der Waals surface area contributed by atoms with Crippen LogP contribution in [-0.2, 0) is 0 Å². The lowest BCUT2D eigenvalue weighted by Crippen LogP contribution is -2.04. The van der Waals surface area contributed by atoms with Gasteiger partial charge in [0.25, 0.3) is 0 Å². The summed E-state index contributed by atoms with van der Waals surface area (Å²) in [6.07, 6.45) is 0. The molecule has 2 aromatic carbocycles. The van der Waals surface area contributed by atoms with Gasteiger partial charge >= 0.3 is 0 Å². The van der Waals surface area contributed by atoms with Crippen LogP contribution < -0.4 is 10.5 Å². The SMILES string of the molecule is C[C@H](N)c1ccc(Oc2ccc(C#N)cc2)c(Br)c1. The van der Waals surface area contributed by atoms with Crippen molar-refractivity contribution in [1.29, 1.82) is 5.26 Å². The topological polar surface area (TPSA) is 59.0 Å². The summed E-state index contributed by atoms with van der Waals surface area (Å²) in [6.45, 7) is 1.93. The third-order valence-electron chi connectivity index (χ3n) is 2.69. The number of halogens is 1. The monoisotopic (exact) mass is 316 g/mol. The number of rotatable bonds is 3. The van der Waals surface area contributed by atoms with Crippen LogP contribution in [0.25, 0.3) is 0 Å². The van der Waals surface area contributed by atoms with Crippen molar-refractivity contribution >= 4 is 15.9 Å². The van der Waals surface area contributed by atoms with Crippen LogP contribution in [0, 0.1) is 11.3 Å². The van der Waals surface area contributed by atoms with Gasteiger partial charge in [0.1, 0.15) is 11.5 Å². The summed E-state index contributed by atoms with van der Waals surface area (Å²) in [5, 5.41) is 8.73. The van der Waals surface area contributed by atoms with Gasteiger partial charge < -0.3 is 10.5 Å². The van der Waals surface area contributed by atoms with Crippen molar-refractivity contribution in [3.05, 3.63) is 58.1 Å². The summed E-state index contributed by atoms with van der Waals surface area (Å²) in [5.41, 5.74) is 7.48. The van der Waals surface area contributed by atoms with Gasteiger partial charge in [-0.2, -0.15) is 5.26 Å². The van der Waals surface area contributed by atoms with Crippen LogP contribution in [0.1, 0.15) is 24.1 Å². The molecule has 0 bridgehead atoms. The van der Waals surface area contributed by atoms with Gasteiger partial charge in [-0.1, -0.05) is 6.07 Å². The maximum absolute atomic E-state index is 8.73. The van der Waals surface area contributed by atoms with Crippen molar-refractivity contribution in [1.82, 2.24) is 0 Å². The number of nitrogens with zero attached hydrogens (tertiary/aromatic N) is 1. The Kier molecular flexibility index (Phi) is 4.20. The molecule has 0 saturated heterocycles. The maximum atomic E-state index is 8.73. The standard InChI is InChI=1S/C15H13BrN2O/c1-10(18)12-4-7-15(14(16)8-12)19-13-5-2-11(9-17)3-6-13/h2-8,10H,18H2,1H3/t10-/m0/s1. The highest BCUT2D eigenvalue weighted by Crippen LogP contribution is 2.31. The Balaban J connectivity index is 2.21. The molecule has 0 radical (unpaired) electrons. The largest absolute Gasteiger partial charge is 0.456 e. The first-order valence-corrected chi connectivity index (χ1v) is 6.62. The van der Waals surface area contributed by atoms with E-state index in [2.05, 4.69) is 22.0 Å². The molecule has 19 heavy (non-hydrogen) atoms. The van der Waals surface area contributed by atoms with E-state index in [-0.39, 0.29) is 6.04 Å². The molecule has 0 aromatic heterocycles. The first-order chi connectivity index (χ1) is 9.10. The molecule has 0 unspecified atom stereocenters. The zero-order chi connectivity index (χ0) is 13.8. The molecule has 2 rings (SSSR count). The van der Waals surface area contributed by atoms with Crippen LogP contribution >= 0.6 is 15.9 Å². The first kappa shape index (κ1) is 13.6. The second kappa shape index (κ2) is 5.87. The predicted octanol–water partition coefficient (Wildman–Crippen LogP) is 4.13. The lowest BCUT2D eigenvalue weighted by molar-refractivity contribution is 0.479. The van der Waals surface area contributed by atoms with Crippen LogP contribution in [0.3, 0.4) is 0 Å². The fourth-order valence-corrected chi connectivity index (χ4v) is 2.09. The Morgan fingerprint density at radius 2 is 1.89 bits per heavy atom. The minimum absolute atomic E-state index is 0.0136. The van der Waals surface area contributed by atoms with Gasteiger partial charge in [0.05, 0.1) is 16.1 Å². The number of hydrogen-bond donors (Lipinski definition) is 1. The highest BCUT2D eigenvalue weighted by molar-refractivity contribution is 9.10. The Labute approximate surface area is 120 Å². The van der Waals surface area contributed by atoms with Gasteiger partial charge in [-0.3, -0.25) is 0 Å². The average molecular weight is 317 g/mol. The van der Waals surface area contributed by atoms with E-state index in [1.54, 1.807) is 24.3 Å². The van der Waals surface area contributed by atoms with Gasteiger partial charge in [0, 0.05) is 6.04 Å². The van der Waals surface area contributed by atoms with Crippen molar-refractivity contribution in [2.45, 2.75) is 13.0 Å². The van der Waals surface area contributed by atoms with E-state index < -0.39 is 0 Å². The quantitative estimate of drug-likeness (QED) is 0.926. The Bertz CT molecular complexity index is 615. The zero-order valence-electron chi connectivity index (χ0n) is 10.4. The molecule has 0 spiro atoms. The molecule has 2 aromatic rings. The van der Waals surface area contributed by atoms with E-state index in [0.29, 0.717) is 17.1 Å². The van der Waals surface area contributed by atoms with Crippen molar-refractivity contribution in [3.8, 4) is 17.6 Å². The number of hydrogen-bond acceptors (Lipinski definition) is 3. The summed E-state index contributed by atoms with van der Waals surface area (Å²) in [5.74, 6) is 1.40. The van der Waals surface area contributed by atoms with E-state index in [1.165, 1.54) is 0 Å². The first-order valence-electron chi connectivity index (χ1n) is 5.83. The molecule has 4 heteroatoms. The van der Waals surface area contributed by atoms with Crippen LogP contribution in [0.15, 0.2) is 46.9 Å². The molecule has 96 valence electrons. The van der Waals surface area contributed by atoms with E-state index >= 15 is 0 Å². The molecular weight excluding hydrogens is 304 g/mol. The minimum Gasteiger partial charge on any atom is -0.456 e. The van der Waals surface area contributed by atoms with Crippen LogP contribution in [0.2, 0.25) is 0 Å². The van der Waals surface area contributed by atoms with Crippen LogP contribution in [0.5, 0.6) is 11.5 Å². The third-order valence-corrected chi connectivity index (χ3v) is 3.31. The molecule has 0 amide bonds. The Hall–Kier alpha value is -1.83. The van der Waals surface area contributed by atoms with Crippen LogP contribution in [-0.4, -0.2) is 0 Å². The average Bonchev–Trinajstić information content (AvgIpc) is 2.41. The van der Waals surface area contributed by atoms with Gasteiger partial charge in [0.15, 0.2) is 0 Å². The van der Waals surface area contributed by atoms with Crippen molar-refractivity contribution < 1.29 is 4.74 Å². The lowest BCUT2D eigenvalue weighted by Gasteiger charge is -2.11. The summed E-state index contributed by atoms with van der Waals surface area (Å²) in [7, 11) is 0. The number of benzene rings is 2. The van der Waals surface area contributed by atoms with E-state index in [4.69, 9.17) is 15.7 Å². The van der Waals surface area contributed by atoms with E-state index in [1.807, 2.05) is 25.1 Å². The second-order valence-corrected chi connectivity index (χ2v) is 5.07.